The second-order valence-electron chi connectivity index (χ2n) is 6.21. The fourth-order valence-corrected chi connectivity index (χ4v) is 3.12. The summed E-state index contributed by atoms with van der Waals surface area (Å²) < 4.78 is 43.3. The Morgan fingerprint density at radius 1 is 1.20 bits per heavy atom. The Labute approximate surface area is 166 Å². The molecule has 30 heavy (non-hydrogen) atoms. The van der Waals surface area contributed by atoms with Crippen LogP contribution in [0.15, 0.2) is 51.3 Å². The van der Waals surface area contributed by atoms with E-state index in [9.17, 15) is 18.0 Å². The average Bonchev–Trinajstić information content (AvgIpc) is 2.97. The molecule has 3 aromatic rings. The molecule has 3 heterocycles. The number of aromatic nitrogens is 3. The molecule has 154 valence electrons. The smallest absolute Gasteiger partial charge is 0.406 e. The lowest BCUT2D eigenvalue weighted by molar-refractivity contribution is -0.274. The molecule has 0 aliphatic carbocycles. The van der Waals surface area contributed by atoms with Crippen LogP contribution in [0.25, 0.3) is 16.7 Å². The summed E-state index contributed by atoms with van der Waals surface area (Å²) in [6, 6.07) is 6.80. The van der Waals surface area contributed by atoms with Crippen molar-refractivity contribution in [3.63, 3.8) is 0 Å². The van der Waals surface area contributed by atoms with Crippen molar-refractivity contribution in [2.24, 2.45) is 21.5 Å². The van der Waals surface area contributed by atoms with Crippen molar-refractivity contribution in [1.82, 2.24) is 14.5 Å². The number of guanidine groups is 1. The number of rotatable bonds is 4. The number of pyridine rings is 1. The largest absolute Gasteiger partial charge is 0.573 e. The highest BCUT2D eigenvalue weighted by atomic mass is 19.4. The molecule has 0 saturated carbocycles. The van der Waals surface area contributed by atoms with Crippen LogP contribution < -0.4 is 21.8 Å². The molecule has 0 bridgehead atoms. The van der Waals surface area contributed by atoms with Crippen LogP contribution in [0.3, 0.4) is 0 Å². The molecule has 1 aromatic carbocycles. The number of hydrogen-bond acceptors (Lipinski definition) is 6. The Kier molecular flexibility index (Phi) is 4.60. The van der Waals surface area contributed by atoms with Crippen molar-refractivity contribution in [2.45, 2.75) is 6.36 Å². The maximum absolute atomic E-state index is 13.0. The lowest BCUT2D eigenvalue weighted by Gasteiger charge is -2.10. The number of alkyl halides is 3. The number of halogens is 3. The normalized spacial score (nSPS) is 13.9. The maximum atomic E-state index is 13.0. The van der Waals surface area contributed by atoms with Gasteiger partial charge in [0.05, 0.1) is 24.2 Å². The minimum absolute atomic E-state index is 0.118. The number of benzene rings is 1. The molecule has 0 spiro atoms. The van der Waals surface area contributed by atoms with E-state index in [0.717, 1.165) is 12.1 Å². The van der Waals surface area contributed by atoms with Gasteiger partial charge >= 0.3 is 6.36 Å². The maximum Gasteiger partial charge on any atom is 0.573 e. The van der Waals surface area contributed by atoms with E-state index in [-0.39, 0.29) is 47.2 Å². The number of hydrogen-bond donors (Lipinski definition) is 2. The summed E-state index contributed by atoms with van der Waals surface area (Å²) in [5.74, 6) is -0.399. The van der Waals surface area contributed by atoms with Crippen molar-refractivity contribution in [3.05, 3.63) is 58.3 Å². The van der Waals surface area contributed by atoms with Crippen molar-refractivity contribution in [2.75, 3.05) is 13.1 Å². The summed E-state index contributed by atoms with van der Waals surface area (Å²) in [4.78, 5) is 29.7. The zero-order valence-electron chi connectivity index (χ0n) is 15.2. The van der Waals surface area contributed by atoms with Crippen LogP contribution in [0.5, 0.6) is 5.75 Å². The van der Waals surface area contributed by atoms with Gasteiger partial charge in [-0.1, -0.05) is 0 Å². The second kappa shape index (κ2) is 7.13. The van der Waals surface area contributed by atoms with Gasteiger partial charge in [0.2, 0.25) is 0 Å². The van der Waals surface area contributed by atoms with Gasteiger partial charge in [-0.05, 0) is 30.3 Å². The Hall–Kier alpha value is -3.96. The number of nitrogens with zero attached hydrogens (tertiary/aromatic N) is 5. The summed E-state index contributed by atoms with van der Waals surface area (Å²) >= 11 is 0. The molecule has 0 radical (unpaired) electrons. The first kappa shape index (κ1) is 19.4. The van der Waals surface area contributed by atoms with Gasteiger partial charge in [-0.3, -0.25) is 19.3 Å². The third-order valence-electron chi connectivity index (χ3n) is 4.22. The standard InChI is InChI=1S/C18H14F3N7O2/c19-18(20,21)30-9-3-4-12-11(8-9)13(24-6-7-26-17(22)23)15-27-14-10(2-1-5-25-14)16(29)28(12)15/h1-5,8H,6-7H2,(H4,22,23,26). The first-order valence-electron chi connectivity index (χ1n) is 8.63. The third kappa shape index (κ3) is 3.54. The van der Waals surface area contributed by atoms with Crippen LogP contribution >= 0.6 is 0 Å². The minimum Gasteiger partial charge on any atom is -0.406 e. The summed E-state index contributed by atoms with van der Waals surface area (Å²) in [6.07, 6.45) is -3.38. The molecule has 4 N–H and O–H groups in total. The van der Waals surface area contributed by atoms with Crippen LogP contribution in [0.2, 0.25) is 0 Å². The molecular formula is C18H14F3N7O2. The van der Waals surface area contributed by atoms with Crippen molar-refractivity contribution in [3.8, 4) is 11.4 Å². The Morgan fingerprint density at radius 3 is 2.73 bits per heavy atom. The molecule has 4 rings (SSSR count). The molecule has 1 aliphatic heterocycles. The molecule has 2 aromatic heterocycles. The Bertz CT molecular complexity index is 1260. The number of fused-ring (bicyclic) bond motifs is 4. The van der Waals surface area contributed by atoms with Gasteiger partial charge in [0.25, 0.3) is 5.56 Å². The second-order valence-corrected chi connectivity index (χ2v) is 6.21. The summed E-state index contributed by atoms with van der Waals surface area (Å²) in [5, 5.41) is 0.268. The third-order valence-corrected chi connectivity index (χ3v) is 4.22. The van der Waals surface area contributed by atoms with Gasteiger partial charge in [-0.2, -0.15) is 0 Å². The molecule has 0 unspecified atom stereocenters. The quantitative estimate of drug-likeness (QED) is 0.290. The van der Waals surface area contributed by atoms with Crippen LogP contribution in [-0.2, 0) is 0 Å². The SMILES string of the molecule is NC(N)=NCCN=C1c2cc(OC(F)(F)F)ccc2-n2c1nc1ncccc1c2=O. The van der Waals surface area contributed by atoms with Crippen LogP contribution in [0.1, 0.15) is 11.4 Å². The van der Waals surface area contributed by atoms with E-state index in [1.807, 2.05) is 0 Å². The highest BCUT2D eigenvalue weighted by Gasteiger charge is 2.33. The molecule has 0 fully saturated rings. The van der Waals surface area contributed by atoms with Crippen molar-refractivity contribution < 1.29 is 17.9 Å². The topological polar surface area (TPSA) is 134 Å². The summed E-state index contributed by atoms with van der Waals surface area (Å²) in [5.41, 5.74) is 11.2. The molecule has 12 heteroatoms. The van der Waals surface area contributed by atoms with Crippen molar-refractivity contribution in [1.29, 1.82) is 0 Å². The highest BCUT2D eigenvalue weighted by molar-refractivity contribution is 6.17. The zero-order valence-corrected chi connectivity index (χ0v) is 15.2. The Morgan fingerprint density at radius 2 is 2.00 bits per heavy atom. The fourth-order valence-electron chi connectivity index (χ4n) is 3.12. The minimum atomic E-state index is -4.86. The average molecular weight is 417 g/mol. The lowest BCUT2D eigenvalue weighted by atomic mass is 10.1. The molecular weight excluding hydrogens is 403 g/mol. The van der Waals surface area contributed by atoms with Gasteiger partial charge in [0.1, 0.15) is 11.5 Å². The van der Waals surface area contributed by atoms with Crippen molar-refractivity contribution >= 4 is 22.7 Å². The first-order chi connectivity index (χ1) is 14.2. The first-order valence-corrected chi connectivity index (χ1v) is 8.63. The van der Waals surface area contributed by atoms with E-state index in [4.69, 9.17) is 11.5 Å². The van der Waals surface area contributed by atoms with Gasteiger partial charge in [0.15, 0.2) is 17.4 Å². The summed E-state index contributed by atoms with van der Waals surface area (Å²) in [6.45, 7) is 0.267. The van der Waals surface area contributed by atoms with E-state index in [2.05, 4.69) is 24.7 Å². The molecule has 9 nitrogen and oxygen atoms in total. The Balaban J connectivity index is 1.90. The predicted molar refractivity (Wildman–Crippen MR) is 103 cm³/mol. The monoisotopic (exact) mass is 417 g/mol. The van der Waals surface area contributed by atoms with Gasteiger partial charge < -0.3 is 16.2 Å². The van der Waals surface area contributed by atoms with E-state index >= 15 is 0 Å². The molecule has 1 aliphatic rings. The number of aliphatic imine (C=N–C) groups is 2. The molecule has 0 saturated heterocycles. The molecule has 0 atom stereocenters. The highest BCUT2D eigenvalue weighted by Crippen LogP contribution is 2.32. The zero-order chi connectivity index (χ0) is 21.5. The lowest BCUT2D eigenvalue weighted by Crippen LogP contribution is -2.23. The van der Waals surface area contributed by atoms with Crippen LogP contribution in [-0.4, -0.2) is 45.7 Å². The van der Waals surface area contributed by atoms with Crippen LogP contribution in [0, 0.1) is 0 Å². The van der Waals surface area contributed by atoms with Gasteiger partial charge in [-0.15, -0.1) is 13.2 Å². The van der Waals surface area contributed by atoms with E-state index in [0.29, 0.717) is 5.69 Å². The van der Waals surface area contributed by atoms with E-state index < -0.39 is 17.7 Å². The number of ether oxygens (including phenoxy) is 1. The van der Waals surface area contributed by atoms with Crippen LogP contribution in [0.4, 0.5) is 13.2 Å². The van der Waals surface area contributed by atoms with Gasteiger partial charge in [-0.25, -0.2) is 9.97 Å². The predicted octanol–water partition coefficient (Wildman–Crippen LogP) is 1.10. The van der Waals surface area contributed by atoms with E-state index in [1.54, 1.807) is 12.1 Å². The van der Waals surface area contributed by atoms with Gasteiger partial charge in [0, 0.05) is 11.8 Å². The fraction of sp³-hybridized carbons (Fsp3) is 0.167. The number of nitrogens with two attached hydrogens (primary N) is 2. The van der Waals surface area contributed by atoms with E-state index in [1.165, 1.54) is 16.8 Å². The molecule has 0 amide bonds. The summed E-state index contributed by atoms with van der Waals surface area (Å²) in [7, 11) is 0.